The Hall–Kier alpha value is -1.85. The zero-order valence-corrected chi connectivity index (χ0v) is 14.2. The molecule has 1 aliphatic rings. The zero-order chi connectivity index (χ0) is 17.1. The van der Waals surface area contributed by atoms with Crippen molar-refractivity contribution in [3.8, 4) is 0 Å². The van der Waals surface area contributed by atoms with Crippen molar-refractivity contribution in [3.05, 3.63) is 76.3 Å². The van der Waals surface area contributed by atoms with Crippen LogP contribution in [0, 0.1) is 11.6 Å². The average molecular weight is 366 g/mol. The van der Waals surface area contributed by atoms with E-state index in [9.17, 15) is 13.6 Å². The fourth-order valence-electron chi connectivity index (χ4n) is 2.53. The molecule has 0 aliphatic carbocycles. The summed E-state index contributed by atoms with van der Waals surface area (Å²) in [6.45, 7) is 0.594. The van der Waals surface area contributed by atoms with E-state index in [0.29, 0.717) is 11.6 Å². The summed E-state index contributed by atoms with van der Waals surface area (Å²) in [6, 6.07) is 10.5. The van der Waals surface area contributed by atoms with E-state index in [1.807, 2.05) is 18.2 Å². The van der Waals surface area contributed by atoms with Gasteiger partial charge in [-0.25, -0.2) is 8.78 Å². The molecule has 2 aromatic rings. The SMILES string of the molecule is O=C(/C=C/c1cc(F)ccc1F)N1CCSC1c1cccc(Cl)c1. The van der Waals surface area contributed by atoms with Crippen molar-refractivity contribution in [2.75, 3.05) is 12.3 Å². The van der Waals surface area contributed by atoms with Crippen molar-refractivity contribution in [1.82, 2.24) is 4.90 Å². The summed E-state index contributed by atoms with van der Waals surface area (Å²) in [5, 5.41) is 0.489. The van der Waals surface area contributed by atoms with Crippen molar-refractivity contribution in [2.24, 2.45) is 0 Å². The van der Waals surface area contributed by atoms with Gasteiger partial charge >= 0.3 is 0 Å². The van der Waals surface area contributed by atoms with Crippen molar-refractivity contribution in [2.45, 2.75) is 5.37 Å². The van der Waals surface area contributed by atoms with Crippen LogP contribution in [0.3, 0.4) is 0 Å². The molecule has 0 saturated carbocycles. The van der Waals surface area contributed by atoms with Crippen molar-refractivity contribution >= 4 is 35.3 Å². The second kappa shape index (κ2) is 7.36. The number of amides is 1. The van der Waals surface area contributed by atoms with Gasteiger partial charge in [0.25, 0.3) is 0 Å². The summed E-state index contributed by atoms with van der Waals surface area (Å²) >= 11 is 7.67. The van der Waals surface area contributed by atoms with Crippen LogP contribution in [0.1, 0.15) is 16.5 Å². The molecule has 124 valence electrons. The van der Waals surface area contributed by atoms with E-state index in [1.54, 1.807) is 22.7 Å². The topological polar surface area (TPSA) is 20.3 Å². The number of carbonyl (C=O) groups is 1. The van der Waals surface area contributed by atoms with Crippen molar-refractivity contribution in [1.29, 1.82) is 0 Å². The molecule has 6 heteroatoms. The summed E-state index contributed by atoms with van der Waals surface area (Å²) in [6.07, 6.45) is 2.58. The number of carbonyl (C=O) groups excluding carboxylic acids is 1. The van der Waals surface area contributed by atoms with E-state index in [-0.39, 0.29) is 16.8 Å². The molecule has 0 spiro atoms. The third-order valence-electron chi connectivity index (χ3n) is 3.67. The Kier molecular flexibility index (Phi) is 5.21. The predicted octanol–water partition coefficient (Wildman–Crippen LogP) is 4.91. The Bertz CT molecular complexity index is 796. The molecular formula is C18H14ClF2NOS. The van der Waals surface area contributed by atoms with Crippen LogP contribution < -0.4 is 0 Å². The fourth-order valence-corrected chi connectivity index (χ4v) is 3.98. The third kappa shape index (κ3) is 3.79. The van der Waals surface area contributed by atoms with Crippen molar-refractivity contribution < 1.29 is 13.6 Å². The fraction of sp³-hybridized carbons (Fsp3) is 0.167. The highest BCUT2D eigenvalue weighted by molar-refractivity contribution is 7.99. The van der Waals surface area contributed by atoms with Gasteiger partial charge in [-0.1, -0.05) is 23.7 Å². The molecule has 3 rings (SSSR count). The van der Waals surface area contributed by atoms with Crippen LogP contribution in [-0.2, 0) is 4.79 Å². The molecule has 1 atom stereocenters. The van der Waals surface area contributed by atoms with Crippen molar-refractivity contribution in [3.63, 3.8) is 0 Å². The smallest absolute Gasteiger partial charge is 0.247 e. The first-order valence-electron chi connectivity index (χ1n) is 7.35. The van der Waals surface area contributed by atoms with Gasteiger partial charge in [0, 0.05) is 29.0 Å². The average Bonchev–Trinajstić information content (AvgIpc) is 3.05. The van der Waals surface area contributed by atoms with E-state index in [2.05, 4.69) is 0 Å². The van der Waals surface area contributed by atoms with E-state index in [1.165, 1.54) is 12.2 Å². The standard InChI is InChI=1S/C18H14ClF2NOS/c19-14-3-1-2-13(10-14)18-22(8-9-24-18)17(23)7-4-12-11-15(20)5-6-16(12)21/h1-7,10-11,18H,8-9H2/b7-4+. The van der Waals surface area contributed by atoms with E-state index in [0.717, 1.165) is 29.5 Å². The lowest BCUT2D eigenvalue weighted by molar-refractivity contribution is -0.126. The number of hydrogen-bond donors (Lipinski definition) is 0. The number of halogens is 3. The van der Waals surface area contributed by atoms with E-state index < -0.39 is 11.6 Å². The predicted molar refractivity (Wildman–Crippen MR) is 93.8 cm³/mol. The maximum absolute atomic E-state index is 13.6. The Labute approximate surface area is 148 Å². The lowest BCUT2D eigenvalue weighted by Gasteiger charge is -2.23. The second-order valence-electron chi connectivity index (χ2n) is 5.31. The Morgan fingerprint density at radius 3 is 2.88 bits per heavy atom. The van der Waals surface area contributed by atoms with Gasteiger partial charge < -0.3 is 4.90 Å². The highest BCUT2D eigenvalue weighted by Crippen LogP contribution is 2.38. The van der Waals surface area contributed by atoms with E-state index in [4.69, 9.17) is 11.6 Å². The van der Waals surface area contributed by atoms with Crippen LogP contribution in [0.4, 0.5) is 8.78 Å². The van der Waals surface area contributed by atoms with Gasteiger partial charge in [0.15, 0.2) is 0 Å². The van der Waals surface area contributed by atoms with Crippen LogP contribution in [0.2, 0.25) is 5.02 Å². The minimum atomic E-state index is -0.567. The van der Waals surface area contributed by atoms with Crippen LogP contribution in [-0.4, -0.2) is 23.1 Å². The number of thioether (sulfide) groups is 1. The molecule has 0 bridgehead atoms. The first-order chi connectivity index (χ1) is 11.5. The van der Waals surface area contributed by atoms with Crippen LogP contribution >= 0.6 is 23.4 Å². The molecule has 0 N–H and O–H groups in total. The maximum atomic E-state index is 13.6. The monoisotopic (exact) mass is 365 g/mol. The Morgan fingerprint density at radius 1 is 1.25 bits per heavy atom. The summed E-state index contributed by atoms with van der Waals surface area (Å²) in [5.74, 6) is -0.543. The minimum Gasteiger partial charge on any atom is -0.322 e. The van der Waals surface area contributed by atoms with Gasteiger partial charge in [0.2, 0.25) is 5.91 Å². The summed E-state index contributed by atoms with van der Waals surface area (Å²) in [5.41, 5.74) is 0.998. The van der Waals surface area contributed by atoms with Crippen LogP contribution in [0.15, 0.2) is 48.5 Å². The lowest BCUT2D eigenvalue weighted by atomic mass is 10.1. The van der Waals surface area contributed by atoms with Gasteiger partial charge in [-0.15, -0.1) is 11.8 Å². The highest BCUT2D eigenvalue weighted by atomic mass is 35.5. The molecule has 1 unspecified atom stereocenters. The molecule has 1 aliphatic heterocycles. The van der Waals surface area contributed by atoms with Gasteiger partial charge in [0.05, 0.1) is 0 Å². The maximum Gasteiger partial charge on any atom is 0.247 e. The first kappa shape index (κ1) is 17.0. The normalized spacial score (nSPS) is 17.6. The number of hydrogen-bond acceptors (Lipinski definition) is 2. The van der Waals surface area contributed by atoms with Crippen LogP contribution in [0.25, 0.3) is 6.08 Å². The molecule has 1 heterocycles. The molecule has 1 fully saturated rings. The molecule has 2 aromatic carbocycles. The first-order valence-corrected chi connectivity index (χ1v) is 8.78. The highest BCUT2D eigenvalue weighted by Gasteiger charge is 2.29. The summed E-state index contributed by atoms with van der Waals surface area (Å²) in [4.78, 5) is 14.2. The molecule has 0 radical (unpaired) electrons. The number of nitrogens with zero attached hydrogens (tertiary/aromatic N) is 1. The van der Waals surface area contributed by atoms with Gasteiger partial charge in [-0.3, -0.25) is 4.79 Å². The number of benzene rings is 2. The molecule has 2 nitrogen and oxygen atoms in total. The summed E-state index contributed by atoms with van der Waals surface area (Å²) < 4.78 is 26.8. The quantitative estimate of drug-likeness (QED) is 0.720. The summed E-state index contributed by atoms with van der Waals surface area (Å²) in [7, 11) is 0. The second-order valence-corrected chi connectivity index (χ2v) is 6.93. The minimum absolute atomic E-state index is 0.0505. The van der Waals surface area contributed by atoms with Gasteiger partial charge in [-0.2, -0.15) is 0 Å². The molecule has 1 amide bonds. The largest absolute Gasteiger partial charge is 0.322 e. The van der Waals surface area contributed by atoms with Gasteiger partial charge in [-0.05, 0) is 42.0 Å². The zero-order valence-electron chi connectivity index (χ0n) is 12.6. The molecular weight excluding hydrogens is 352 g/mol. The number of rotatable bonds is 3. The molecule has 1 saturated heterocycles. The van der Waals surface area contributed by atoms with Gasteiger partial charge in [0.1, 0.15) is 17.0 Å². The Morgan fingerprint density at radius 2 is 2.08 bits per heavy atom. The lowest BCUT2D eigenvalue weighted by Crippen LogP contribution is -2.28. The van der Waals surface area contributed by atoms with E-state index >= 15 is 0 Å². The Balaban J connectivity index is 1.78. The third-order valence-corrected chi connectivity index (χ3v) is 5.17. The molecule has 24 heavy (non-hydrogen) atoms. The van der Waals surface area contributed by atoms with Crippen LogP contribution in [0.5, 0.6) is 0 Å². The molecule has 0 aromatic heterocycles.